The summed E-state index contributed by atoms with van der Waals surface area (Å²) in [5.74, 6) is 2.31. The minimum absolute atomic E-state index is 0. The summed E-state index contributed by atoms with van der Waals surface area (Å²) in [7, 11) is 1.78. The number of nitrogens with one attached hydrogen (secondary N) is 2. The van der Waals surface area contributed by atoms with Gasteiger partial charge >= 0.3 is 0 Å². The Bertz CT molecular complexity index is 802. The first kappa shape index (κ1) is 23.9. The molecule has 1 aliphatic carbocycles. The number of guanidine groups is 1. The largest absolute Gasteiger partial charge is 0.474 e. The SMILES string of the molecule is CN=C(NCc1ccnc(OC2CCC(C)CC2)c1)NCc1sc(C)nc1C.I. The van der Waals surface area contributed by atoms with Crippen LogP contribution in [-0.2, 0) is 13.1 Å². The maximum atomic E-state index is 6.11. The lowest BCUT2D eigenvalue weighted by atomic mass is 9.89. The normalized spacial score (nSPS) is 19.4. The third kappa shape index (κ3) is 7.40. The van der Waals surface area contributed by atoms with Crippen molar-refractivity contribution in [2.75, 3.05) is 7.05 Å². The first-order valence-corrected chi connectivity index (χ1v) is 10.8. The monoisotopic (exact) mass is 529 g/mol. The zero-order valence-electron chi connectivity index (χ0n) is 17.7. The summed E-state index contributed by atoms with van der Waals surface area (Å²) in [5.41, 5.74) is 2.21. The van der Waals surface area contributed by atoms with Crippen LogP contribution in [0.1, 0.15) is 53.7 Å². The Labute approximate surface area is 195 Å². The third-order valence-electron chi connectivity index (χ3n) is 5.15. The highest BCUT2D eigenvalue weighted by Gasteiger charge is 2.19. The summed E-state index contributed by atoms with van der Waals surface area (Å²) in [4.78, 5) is 14.4. The van der Waals surface area contributed by atoms with Gasteiger partial charge < -0.3 is 15.4 Å². The lowest BCUT2D eigenvalue weighted by molar-refractivity contribution is 0.130. The second-order valence-corrected chi connectivity index (χ2v) is 8.81. The Morgan fingerprint density at radius 2 is 1.93 bits per heavy atom. The van der Waals surface area contributed by atoms with E-state index in [2.05, 4.69) is 32.5 Å². The molecule has 2 aromatic rings. The Kier molecular flexibility index (Phi) is 9.61. The van der Waals surface area contributed by atoms with Crippen molar-refractivity contribution in [2.24, 2.45) is 10.9 Å². The third-order valence-corrected chi connectivity index (χ3v) is 6.22. The van der Waals surface area contributed by atoms with E-state index in [1.54, 1.807) is 18.4 Å². The van der Waals surface area contributed by atoms with Crippen molar-refractivity contribution >= 4 is 41.3 Å². The number of pyridine rings is 1. The molecule has 0 amide bonds. The van der Waals surface area contributed by atoms with Crippen LogP contribution >= 0.6 is 35.3 Å². The molecule has 0 spiro atoms. The zero-order valence-corrected chi connectivity index (χ0v) is 20.8. The highest BCUT2D eigenvalue weighted by molar-refractivity contribution is 14.0. The molecule has 2 aromatic heterocycles. The lowest BCUT2D eigenvalue weighted by Crippen LogP contribution is -2.36. The molecule has 0 aromatic carbocycles. The van der Waals surface area contributed by atoms with Gasteiger partial charge in [0.25, 0.3) is 0 Å². The summed E-state index contributed by atoms with van der Waals surface area (Å²) in [5, 5.41) is 7.81. The van der Waals surface area contributed by atoms with Crippen LogP contribution in [0.5, 0.6) is 5.88 Å². The van der Waals surface area contributed by atoms with Crippen molar-refractivity contribution in [2.45, 2.75) is 65.6 Å². The molecule has 2 heterocycles. The average Bonchev–Trinajstić information content (AvgIpc) is 3.01. The van der Waals surface area contributed by atoms with Crippen LogP contribution in [0.4, 0.5) is 0 Å². The fraction of sp³-hybridized carbons (Fsp3) is 0.571. The van der Waals surface area contributed by atoms with Crippen LogP contribution in [0.25, 0.3) is 0 Å². The van der Waals surface area contributed by atoms with Crippen molar-refractivity contribution in [3.8, 4) is 5.88 Å². The van der Waals surface area contributed by atoms with Crippen LogP contribution in [0.3, 0.4) is 0 Å². The van der Waals surface area contributed by atoms with Crippen LogP contribution in [0.15, 0.2) is 23.3 Å². The van der Waals surface area contributed by atoms with Gasteiger partial charge in [-0.1, -0.05) is 6.92 Å². The van der Waals surface area contributed by atoms with Crippen molar-refractivity contribution in [3.63, 3.8) is 0 Å². The zero-order chi connectivity index (χ0) is 19.9. The predicted molar refractivity (Wildman–Crippen MR) is 130 cm³/mol. The van der Waals surface area contributed by atoms with Crippen LogP contribution in [0.2, 0.25) is 0 Å². The molecule has 8 heteroatoms. The first-order chi connectivity index (χ1) is 13.5. The molecule has 0 saturated heterocycles. The van der Waals surface area contributed by atoms with E-state index < -0.39 is 0 Å². The number of halogens is 1. The maximum Gasteiger partial charge on any atom is 0.213 e. The Hall–Kier alpha value is -1.42. The number of hydrogen-bond acceptors (Lipinski definition) is 5. The fourth-order valence-electron chi connectivity index (χ4n) is 3.45. The van der Waals surface area contributed by atoms with E-state index in [0.717, 1.165) is 53.4 Å². The fourth-order valence-corrected chi connectivity index (χ4v) is 4.33. The molecular formula is C21H32IN5OS. The van der Waals surface area contributed by atoms with Gasteiger partial charge in [-0.05, 0) is 57.1 Å². The van der Waals surface area contributed by atoms with Gasteiger partial charge in [-0.15, -0.1) is 35.3 Å². The Balaban J connectivity index is 0.00000300. The van der Waals surface area contributed by atoms with Gasteiger partial charge in [0.05, 0.1) is 17.2 Å². The van der Waals surface area contributed by atoms with E-state index >= 15 is 0 Å². The summed E-state index contributed by atoms with van der Waals surface area (Å²) < 4.78 is 6.11. The van der Waals surface area contributed by atoms with E-state index in [9.17, 15) is 0 Å². The van der Waals surface area contributed by atoms with Gasteiger partial charge in [0.2, 0.25) is 5.88 Å². The number of ether oxygens (including phenoxy) is 1. The summed E-state index contributed by atoms with van der Waals surface area (Å²) in [6.45, 7) is 7.79. The molecule has 29 heavy (non-hydrogen) atoms. The van der Waals surface area contributed by atoms with Gasteiger partial charge in [0.1, 0.15) is 6.10 Å². The molecule has 0 unspecified atom stereocenters. The molecule has 6 nitrogen and oxygen atoms in total. The average molecular weight is 529 g/mol. The molecule has 1 fully saturated rings. The summed E-state index contributed by atoms with van der Waals surface area (Å²) >= 11 is 1.72. The molecule has 0 bridgehead atoms. The van der Waals surface area contributed by atoms with Crippen molar-refractivity contribution < 1.29 is 4.74 Å². The standard InChI is InChI=1S/C21H31N5OS.HI/c1-14-5-7-18(8-6-14)27-20-11-17(9-10-23-20)12-24-21(22-4)25-13-19-15(2)26-16(3)28-19;/h9-11,14,18H,5-8,12-13H2,1-4H3,(H2,22,24,25);1H. The van der Waals surface area contributed by atoms with E-state index in [4.69, 9.17) is 4.74 Å². The Morgan fingerprint density at radius 3 is 2.59 bits per heavy atom. The smallest absolute Gasteiger partial charge is 0.213 e. The molecule has 160 valence electrons. The molecule has 2 N–H and O–H groups in total. The second-order valence-electron chi connectivity index (χ2n) is 7.52. The second kappa shape index (κ2) is 11.7. The Morgan fingerprint density at radius 1 is 1.21 bits per heavy atom. The minimum atomic E-state index is 0. The quantitative estimate of drug-likeness (QED) is 0.325. The number of aliphatic imine (C=N–C) groups is 1. The molecular weight excluding hydrogens is 497 g/mol. The lowest BCUT2D eigenvalue weighted by Gasteiger charge is -2.26. The highest BCUT2D eigenvalue weighted by atomic mass is 127. The van der Waals surface area contributed by atoms with E-state index in [0.29, 0.717) is 12.6 Å². The van der Waals surface area contributed by atoms with E-state index in [-0.39, 0.29) is 24.0 Å². The molecule has 0 aliphatic heterocycles. The van der Waals surface area contributed by atoms with E-state index in [1.165, 1.54) is 17.7 Å². The number of thiazole rings is 1. The number of aromatic nitrogens is 2. The summed E-state index contributed by atoms with van der Waals surface area (Å²) in [6.07, 6.45) is 6.85. The maximum absolute atomic E-state index is 6.11. The number of hydrogen-bond donors (Lipinski definition) is 2. The topological polar surface area (TPSA) is 71.4 Å². The van der Waals surface area contributed by atoms with Crippen molar-refractivity contribution in [1.29, 1.82) is 0 Å². The van der Waals surface area contributed by atoms with Crippen LogP contribution in [-0.4, -0.2) is 29.1 Å². The van der Waals surface area contributed by atoms with Crippen molar-refractivity contribution in [3.05, 3.63) is 39.5 Å². The van der Waals surface area contributed by atoms with Crippen LogP contribution < -0.4 is 15.4 Å². The first-order valence-electron chi connectivity index (χ1n) is 10.0. The number of rotatable bonds is 6. The van der Waals surface area contributed by atoms with Crippen molar-refractivity contribution in [1.82, 2.24) is 20.6 Å². The number of nitrogens with zero attached hydrogens (tertiary/aromatic N) is 3. The molecule has 1 aliphatic rings. The molecule has 3 rings (SSSR count). The summed E-state index contributed by atoms with van der Waals surface area (Å²) in [6, 6.07) is 4.03. The van der Waals surface area contributed by atoms with Crippen LogP contribution in [0, 0.1) is 19.8 Å². The van der Waals surface area contributed by atoms with Gasteiger partial charge in [-0.3, -0.25) is 4.99 Å². The molecule has 0 atom stereocenters. The highest BCUT2D eigenvalue weighted by Crippen LogP contribution is 2.26. The number of aryl methyl sites for hydroxylation is 2. The van der Waals surface area contributed by atoms with Gasteiger partial charge in [0, 0.05) is 30.7 Å². The van der Waals surface area contributed by atoms with Gasteiger partial charge in [0.15, 0.2) is 5.96 Å². The molecule has 1 saturated carbocycles. The predicted octanol–water partition coefficient (Wildman–Crippen LogP) is 4.60. The van der Waals surface area contributed by atoms with Gasteiger partial charge in [-0.25, -0.2) is 9.97 Å². The van der Waals surface area contributed by atoms with E-state index in [1.807, 2.05) is 32.2 Å². The molecule has 0 radical (unpaired) electrons. The van der Waals surface area contributed by atoms with Gasteiger partial charge in [-0.2, -0.15) is 0 Å². The minimum Gasteiger partial charge on any atom is -0.474 e.